The second-order valence-electron chi connectivity index (χ2n) is 6.99. The van der Waals surface area contributed by atoms with Crippen LogP contribution in [0.5, 0.6) is 0 Å². The monoisotopic (exact) mass is 268 g/mol. The van der Waals surface area contributed by atoms with Crippen molar-refractivity contribution in [3.05, 3.63) is 42.1 Å². The molecule has 20 heavy (non-hydrogen) atoms. The van der Waals surface area contributed by atoms with Gasteiger partial charge in [0.05, 0.1) is 5.52 Å². The highest BCUT2D eigenvalue weighted by Gasteiger charge is 2.33. The van der Waals surface area contributed by atoms with Crippen molar-refractivity contribution in [2.24, 2.45) is 5.92 Å². The van der Waals surface area contributed by atoms with Crippen molar-refractivity contribution in [1.82, 2.24) is 10.3 Å². The molecule has 0 aliphatic heterocycles. The van der Waals surface area contributed by atoms with Crippen molar-refractivity contribution in [2.45, 2.75) is 45.1 Å². The molecule has 1 aliphatic rings. The zero-order valence-corrected chi connectivity index (χ0v) is 12.7. The molecule has 0 spiro atoms. The van der Waals surface area contributed by atoms with Crippen molar-refractivity contribution in [2.75, 3.05) is 6.54 Å². The summed E-state index contributed by atoms with van der Waals surface area (Å²) in [4.78, 5) is 4.48. The molecule has 1 saturated carbocycles. The van der Waals surface area contributed by atoms with Crippen LogP contribution in [0.2, 0.25) is 0 Å². The predicted octanol–water partition coefficient (Wildman–Crippen LogP) is 4.12. The minimum absolute atomic E-state index is 0.209. The van der Waals surface area contributed by atoms with E-state index in [2.05, 4.69) is 55.3 Å². The Morgan fingerprint density at radius 2 is 2.00 bits per heavy atom. The van der Waals surface area contributed by atoms with Gasteiger partial charge in [0.15, 0.2) is 0 Å². The molecule has 106 valence electrons. The van der Waals surface area contributed by atoms with E-state index in [1.54, 1.807) is 0 Å². The van der Waals surface area contributed by atoms with Gasteiger partial charge in [-0.05, 0) is 69.7 Å². The molecule has 1 N–H and O–H groups in total. The second-order valence-corrected chi connectivity index (χ2v) is 6.99. The molecule has 1 aromatic carbocycles. The summed E-state index contributed by atoms with van der Waals surface area (Å²) in [7, 11) is 0. The summed E-state index contributed by atoms with van der Waals surface area (Å²) in [6, 6.07) is 10.8. The molecule has 1 fully saturated rings. The smallest absolute Gasteiger partial charge is 0.0704 e. The van der Waals surface area contributed by atoms with Crippen LogP contribution in [0.3, 0.4) is 0 Å². The number of rotatable bonds is 3. The summed E-state index contributed by atoms with van der Waals surface area (Å²) in [5.74, 6) is 1.46. The Morgan fingerprint density at radius 3 is 2.70 bits per heavy atom. The van der Waals surface area contributed by atoms with E-state index in [0.717, 1.165) is 18.0 Å². The second kappa shape index (κ2) is 5.17. The minimum atomic E-state index is 0.209. The molecule has 0 radical (unpaired) electrons. The molecule has 2 heteroatoms. The van der Waals surface area contributed by atoms with Crippen LogP contribution in [0, 0.1) is 5.92 Å². The third-order valence-corrected chi connectivity index (χ3v) is 4.39. The number of hydrogen-bond donors (Lipinski definition) is 1. The Morgan fingerprint density at radius 1 is 1.15 bits per heavy atom. The van der Waals surface area contributed by atoms with Gasteiger partial charge in [-0.15, -0.1) is 0 Å². The quantitative estimate of drug-likeness (QED) is 0.906. The topological polar surface area (TPSA) is 24.9 Å². The van der Waals surface area contributed by atoms with Gasteiger partial charge in [0.2, 0.25) is 0 Å². The van der Waals surface area contributed by atoms with Gasteiger partial charge >= 0.3 is 0 Å². The van der Waals surface area contributed by atoms with Crippen LogP contribution in [0.4, 0.5) is 0 Å². The molecule has 1 aliphatic carbocycles. The molecular weight excluding hydrogens is 244 g/mol. The summed E-state index contributed by atoms with van der Waals surface area (Å²) in [5, 5.41) is 4.99. The van der Waals surface area contributed by atoms with Gasteiger partial charge < -0.3 is 5.32 Å². The first-order valence-corrected chi connectivity index (χ1v) is 7.63. The van der Waals surface area contributed by atoms with Gasteiger partial charge in [-0.2, -0.15) is 0 Å². The van der Waals surface area contributed by atoms with Gasteiger partial charge in [0, 0.05) is 17.1 Å². The zero-order chi connectivity index (χ0) is 14.2. The van der Waals surface area contributed by atoms with Crippen molar-refractivity contribution in [3.63, 3.8) is 0 Å². The Labute approximate surface area is 121 Å². The van der Waals surface area contributed by atoms with Crippen LogP contribution in [-0.4, -0.2) is 17.1 Å². The maximum atomic E-state index is 4.48. The Bertz CT molecular complexity index is 592. The van der Waals surface area contributed by atoms with E-state index in [-0.39, 0.29) is 5.54 Å². The lowest BCUT2D eigenvalue weighted by Crippen LogP contribution is -2.43. The molecule has 0 amide bonds. The lowest BCUT2D eigenvalue weighted by atomic mass is 9.69. The molecule has 0 bridgehead atoms. The van der Waals surface area contributed by atoms with Crippen LogP contribution in [0.15, 0.2) is 36.5 Å². The van der Waals surface area contributed by atoms with Crippen LogP contribution >= 0.6 is 0 Å². The van der Waals surface area contributed by atoms with Gasteiger partial charge in [-0.1, -0.05) is 18.2 Å². The third-order valence-electron chi connectivity index (χ3n) is 4.39. The van der Waals surface area contributed by atoms with E-state index in [9.17, 15) is 0 Å². The van der Waals surface area contributed by atoms with Crippen LogP contribution < -0.4 is 5.32 Å². The van der Waals surface area contributed by atoms with Gasteiger partial charge in [-0.25, -0.2) is 0 Å². The van der Waals surface area contributed by atoms with Crippen LogP contribution in [0.25, 0.3) is 10.9 Å². The molecule has 3 rings (SSSR count). The fourth-order valence-electron chi connectivity index (χ4n) is 3.11. The number of benzene rings is 1. The Kier molecular flexibility index (Phi) is 3.51. The highest BCUT2D eigenvalue weighted by atomic mass is 14.9. The molecule has 2 atom stereocenters. The lowest BCUT2D eigenvalue weighted by Gasteiger charge is -2.39. The van der Waals surface area contributed by atoms with E-state index in [4.69, 9.17) is 0 Å². The summed E-state index contributed by atoms with van der Waals surface area (Å²) in [6.45, 7) is 7.83. The standard InChI is InChI=1S/C18H24N2/c1-18(2,3)20-12-13-9-10-14(13)15-6-4-8-17-16(15)7-5-11-19-17/h4-8,11,13-14,20H,9-10,12H2,1-3H3. The molecule has 1 heterocycles. The Hall–Kier alpha value is -1.41. The maximum absolute atomic E-state index is 4.48. The largest absolute Gasteiger partial charge is 0.312 e. The van der Waals surface area contributed by atoms with Gasteiger partial charge in [0.25, 0.3) is 0 Å². The maximum Gasteiger partial charge on any atom is 0.0704 e. The van der Waals surface area contributed by atoms with E-state index < -0.39 is 0 Å². The van der Waals surface area contributed by atoms with Crippen LogP contribution in [-0.2, 0) is 0 Å². The number of aromatic nitrogens is 1. The number of hydrogen-bond acceptors (Lipinski definition) is 2. The number of fused-ring (bicyclic) bond motifs is 1. The normalized spacial score (nSPS) is 22.8. The fraction of sp³-hybridized carbons (Fsp3) is 0.500. The Balaban J connectivity index is 1.81. The predicted molar refractivity (Wildman–Crippen MR) is 85.0 cm³/mol. The first kappa shape index (κ1) is 13.6. The summed E-state index contributed by atoms with van der Waals surface area (Å²) < 4.78 is 0. The molecule has 0 saturated heterocycles. The summed E-state index contributed by atoms with van der Waals surface area (Å²) in [5.41, 5.74) is 2.82. The minimum Gasteiger partial charge on any atom is -0.312 e. The van der Waals surface area contributed by atoms with Crippen molar-refractivity contribution >= 4 is 10.9 Å². The highest BCUT2D eigenvalue weighted by Crippen LogP contribution is 2.44. The molecule has 2 nitrogen and oxygen atoms in total. The van der Waals surface area contributed by atoms with E-state index in [1.807, 2.05) is 12.3 Å². The van der Waals surface area contributed by atoms with Gasteiger partial charge in [-0.3, -0.25) is 4.98 Å². The zero-order valence-electron chi connectivity index (χ0n) is 12.7. The van der Waals surface area contributed by atoms with Crippen molar-refractivity contribution < 1.29 is 0 Å². The van der Waals surface area contributed by atoms with E-state index >= 15 is 0 Å². The lowest BCUT2D eigenvalue weighted by molar-refractivity contribution is 0.227. The third kappa shape index (κ3) is 2.71. The average Bonchev–Trinajstić information content (AvgIpc) is 2.37. The van der Waals surface area contributed by atoms with Crippen molar-refractivity contribution in [3.8, 4) is 0 Å². The fourth-order valence-corrected chi connectivity index (χ4v) is 3.11. The number of nitrogens with zero attached hydrogens (tertiary/aromatic N) is 1. The van der Waals surface area contributed by atoms with E-state index in [1.165, 1.54) is 23.8 Å². The highest BCUT2D eigenvalue weighted by molar-refractivity contribution is 5.82. The average molecular weight is 268 g/mol. The van der Waals surface area contributed by atoms with E-state index in [0.29, 0.717) is 5.92 Å². The van der Waals surface area contributed by atoms with Crippen LogP contribution in [0.1, 0.15) is 45.1 Å². The molecule has 1 aromatic heterocycles. The SMILES string of the molecule is CC(C)(C)NCC1CCC1c1cccc2ncccc12. The molecule has 2 aromatic rings. The van der Waals surface area contributed by atoms with Crippen molar-refractivity contribution in [1.29, 1.82) is 0 Å². The van der Waals surface area contributed by atoms with Gasteiger partial charge in [0.1, 0.15) is 0 Å². The first-order valence-electron chi connectivity index (χ1n) is 7.63. The summed E-state index contributed by atoms with van der Waals surface area (Å²) in [6.07, 6.45) is 4.53. The molecule has 2 unspecified atom stereocenters. The molecular formula is C18H24N2. The number of nitrogens with one attached hydrogen (secondary N) is 1. The number of pyridine rings is 1. The summed E-state index contributed by atoms with van der Waals surface area (Å²) >= 11 is 0. The first-order chi connectivity index (χ1) is 9.54.